The van der Waals surface area contributed by atoms with E-state index in [2.05, 4.69) is 29.0 Å². The van der Waals surface area contributed by atoms with Gasteiger partial charge in [-0.25, -0.2) is 9.97 Å². The van der Waals surface area contributed by atoms with Crippen LogP contribution < -0.4 is 10.2 Å². The lowest BCUT2D eigenvalue weighted by atomic mass is 9.75. The van der Waals surface area contributed by atoms with Crippen LogP contribution in [0.5, 0.6) is 0 Å². The third-order valence-corrected chi connectivity index (χ3v) is 5.21. The maximum absolute atomic E-state index is 4.76. The number of hydrogen-bond acceptors (Lipinski definition) is 4. The summed E-state index contributed by atoms with van der Waals surface area (Å²) < 4.78 is 0. The van der Waals surface area contributed by atoms with E-state index >= 15 is 0 Å². The van der Waals surface area contributed by atoms with Crippen LogP contribution in [0.25, 0.3) is 0 Å². The number of anilines is 1. The first-order valence-electron chi connectivity index (χ1n) is 8.56. The van der Waals surface area contributed by atoms with Gasteiger partial charge >= 0.3 is 0 Å². The molecule has 116 valence electrons. The quantitative estimate of drug-likeness (QED) is 0.925. The topological polar surface area (TPSA) is 41.1 Å². The average molecular weight is 288 g/mol. The highest BCUT2D eigenvalue weighted by Gasteiger charge is 2.32. The molecule has 2 heterocycles. The first-order chi connectivity index (χ1) is 10.3. The number of hydrogen-bond donors (Lipinski definition) is 1. The molecule has 2 atom stereocenters. The highest BCUT2D eigenvalue weighted by atomic mass is 15.3. The summed E-state index contributed by atoms with van der Waals surface area (Å²) in [6, 6.07) is 0. The van der Waals surface area contributed by atoms with Gasteiger partial charge in [0.1, 0.15) is 0 Å². The summed E-state index contributed by atoms with van der Waals surface area (Å²) in [7, 11) is 0. The molecule has 4 nitrogen and oxygen atoms in total. The van der Waals surface area contributed by atoms with Crippen molar-refractivity contribution in [2.24, 2.45) is 11.8 Å². The van der Waals surface area contributed by atoms with Gasteiger partial charge in [0, 0.05) is 37.1 Å². The molecule has 1 aliphatic heterocycles. The largest absolute Gasteiger partial charge is 0.341 e. The van der Waals surface area contributed by atoms with Gasteiger partial charge in [0.05, 0.1) is 0 Å². The summed E-state index contributed by atoms with van der Waals surface area (Å²) in [6.45, 7) is 8.37. The molecule has 0 amide bonds. The normalized spacial score (nSPS) is 25.7. The van der Waals surface area contributed by atoms with E-state index in [1.807, 2.05) is 6.20 Å². The Kier molecular flexibility index (Phi) is 4.73. The lowest BCUT2D eigenvalue weighted by molar-refractivity contribution is 0.201. The molecule has 1 N–H and O–H groups in total. The highest BCUT2D eigenvalue weighted by Crippen LogP contribution is 2.36. The summed E-state index contributed by atoms with van der Waals surface area (Å²) in [4.78, 5) is 11.8. The molecule has 2 aliphatic rings. The fourth-order valence-corrected chi connectivity index (χ4v) is 3.85. The van der Waals surface area contributed by atoms with Gasteiger partial charge in [0.15, 0.2) is 0 Å². The van der Waals surface area contributed by atoms with Crippen molar-refractivity contribution < 1.29 is 0 Å². The Labute approximate surface area is 128 Å². The molecule has 4 heteroatoms. The van der Waals surface area contributed by atoms with Crippen LogP contribution in [0.2, 0.25) is 0 Å². The zero-order chi connectivity index (χ0) is 14.7. The number of fused-ring (bicyclic) bond motifs is 1. The summed E-state index contributed by atoms with van der Waals surface area (Å²) in [5, 5.41) is 3.35. The summed E-state index contributed by atoms with van der Waals surface area (Å²) >= 11 is 0. The standard InChI is InChI=1S/C17H28N4/c1-3-18-10-16-11-19-17(20-13(16)2)21-9-8-14-6-4-5-7-15(14)12-21/h11,14-15,18H,3-10,12H2,1-2H3. The molecule has 1 aromatic rings. The summed E-state index contributed by atoms with van der Waals surface area (Å²) in [6.07, 6.45) is 9.03. The zero-order valence-corrected chi connectivity index (χ0v) is 13.4. The van der Waals surface area contributed by atoms with Gasteiger partial charge in [-0.15, -0.1) is 0 Å². The molecule has 0 radical (unpaired) electrons. The van der Waals surface area contributed by atoms with E-state index in [1.54, 1.807) is 0 Å². The van der Waals surface area contributed by atoms with Gasteiger partial charge in [0.2, 0.25) is 5.95 Å². The summed E-state index contributed by atoms with van der Waals surface area (Å²) in [5.74, 6) is 2.78. The second-order valence-electron chi connectivity index (χ2n) is 6.60. The number of aryl methyl sites for hydroxylation is 1. The average Bonchev–Trinajstić information content (AvgIpc) is 2.53. The van der Waals surface area contributed by atoms with Gasteiger partial charge in [-0.3, -0.25) is 0 Å². The minimum atomic E-state index is 0.868. The van der Waals surface area contributed by atoms with E-state index in [1.165, 1.54) is 37.7 Å². The molecule has 0 spiro atoms. The van der Waals surface area contributed by atoms with E-state index in [0.717, 1.165) is 49.7 Å². The third-order valence-electron chi connectivity index (χ3n) is 5.21. The Bertz CT molecular complexity index is 474. The molecule has 2 unspecified atom stereocenters. The number of aromatic nitrogens is 2. The third kappa shape index (κ3) is 3.37. The molecule has 0 bridgehead atoms. The predicted octanol–water partition coefficient (Wildman–Crippen LogP) is 2.91. The van der Waals surface area contributed by atoms with E-state index in [-0.39, 0.29) is 0 Å². The number of nitrogens with zero attached hydrogens (tertiary/aromatic N) is 3. The van der Waals surface area contributed by atoms with Gasteiger partial charge in [-0.1, -0.05) is 26.2 Å². The fraction of sp³-hybridized carbons (Fsp3) is 0.765. The Balaban J connectivity index is 1.67. The van der Waals surface area contributed by atoms with Crippen molar-refractivity contribution in [3.8, 4) is 0 Å². The monoisotopic (exact) mass is 288 g/mol. The lowest BCUT2D eigenvalue weighted by Crippen LogP contribution is -2.42. The SMILES string of the molecule is CCNCc1cnc(N2CCC3CCCCC3C2)nc1C. The molecule has 1 saturated heterocycles. The van der Waals surface area contributed by atoms with Crippen LogP contribution in [0.1, 0.15) is 50.3 Å². The summed E-state index contributed by atoms with van der Waals surface area (Å²) in [5.41, 5.74) is 2.33. The Morgan fingerprint density at radius 2 is 2.05 bits per heavy atom. The molecule has 1 aromatic heterocycles. The molecule has 2 fully saturated rings. The van der Waals surface area contributed by atoms with Crippen molar-refractivity contribution in [1.82, 2.24) is 15.3 Å². The predicted molar refractivity (Wildman–Crippen MR) is 86.4 cm³/mol. The highest BCUT2D eigenvalue weighted by molar-refractivity contribution is 5.34. The Hall–Kier alpha value is -1.16. The van der Waals surface area contributed by atoms with Gasteiger partial charge < -0.3 is 10.2 Å². The fourth-order valence-electron chi connectivity index (χ4n) is 3.85. The second-order valence-corrected chi connectivity index (χ2v) is 6.60. The van der Waals surface area contributed by atoms with Crippen LogP contribution in [-0.4, -0.2) is 29.6 Å². The first-order valence-corrected chi connectivity index (χ1v) is 8.56. The molecular formula is C17H28N4. The van der Waals surface area contributed by atoms with Crippen molar-refractivity contribution in [3.63, 3.8) is 0 Å². The van der Waals surface area contributed by atoms with Crippen LogP contribution in [0.15, 0.2) is 6.20 Å². The maximum atomic E-state index is 4.76. The van der Waals surface area contributed by atoms with Gasteiger partial charge in [0.25, 0.3) is 0 Å². The maximum Gasteiger partial charge on any atom is 0.225 e. The smallest absolute Gasteiger partial charge is 0.225 e. The molecule has 3 rings (SSSR count). The van der Waals surface area contributed by atoms with Crippen molar-refractivity contribution in [3.05, 3.63) is 17.5 Å². The minimum Gasteiger partial charge on any atom is -0.341 e. The molecular weight excluding hydrogens is 260 g/mol. The number of rotatable bonds is 4. The van der Waals surface area contributed by atoms with Crippen molar-refractivity contribution in [2.75, 3.05) is 24.5 Å². The Morgan fingerprint density at radius 1 is 1.24 bits per heavy atom. The van der Waals surface area contributed by atoms with E-state index < -0.39 is 0 Å². The van der Waals surface area contributed by atoms with E-state index in [9.17, 15) is 0 Å². The van der Waals surface area contributed by atoms with Crippen LogP contribution in [0.4, 0.5) is 5.95 Å². The Morgan fingerprint density at radius 3 is 2.81 bits per heavy atom. The van der Waals surface area contributed by atoms with E-state index in [0.29, 0.717) is 0 Å². The zero-order valence-electron chi connectivity index (χ0n) is 13.4. The van der Waals surface area contributed by atoms with Crippen LogP contribution in [0.3, 0.4) is 0 Å². The van der Waals surface area contributed by atoms with Crippen LogP contribution >= 0.6 is 0 Å². The number of piperidine rings is 1. The second kappa shape index (κ2) is 6.73. The van der Waals surface area contributed by atoms with Crippen molar-refractivity contribution in [1.29, 1.82) is 0 Å². The van der Waals surface area contributed by atoms with Gasteiger partial charge in [-0.2, -0.15) is 0 Å². The molecule has 1 aliphatic carbocycles. The minimum absolute atomic E-state index is 0.868. The number of nitrogens with one attached hydrogen (secondary N) is 1. The molecule has 1 saturated carbocycles. The lowest BCUT2D eigenvalue weighted by Gasteiger charge is -2.41. The first kappa shape index (κ1) is 14.8. The molecule has 0 aromatic carbocycles. The van der Waals surface area contributed by atoms with E-state index in [4.69, 9.17) is 4.98 Å². The van der Waals surface area contributed by atoms with Crippen LogP contribution in [0, 0.1) is 18.8 Å². The molecule has 21 heavy (non-hydrogen) atoms. The van der Waals surface area contributed by atoms with Crippen molar-refractivity contribution in [2.45, 2.75) is 52.5 Å². The van der Waals surface area contributed by atoms with Crippen molar-refractivity contribution >= 4 is 5.95 Å². The van der Waals surface area contributed by atoms with Crippen LogP contribution in [-0.2, 0) is 6.54 Å². The van der Waals surface area contributed by atoms with Gasteiger partial charge in [-0.05, 0) is 38.1 Å².